The van der Waals surface area contributed by atoms with Gasteiger partial charge in [0.05, 0.1) is 32.1 Å². The number of ether oxygens (including phenoxy) is 3. The van der Waals surface area contributed by atoms with Crippen LogP contribution in [0.25, 0.3) is 54.6 Å². The van der Waals surface area contributed by atoms with E-state index in [0.717, 1.165) is 0 Å². The van der Waals surface area contributed by atoms with Crippen molar-refractivity contribution < 1.29 is 38.4 Å². The Labute approximate surface area is 231 Å². The van der Waals surface area contributed by atoms with E-state index in [1.807, 2.05) is 0 Å². The van der Waals surface area contributed by atoms with Crippen LogP contribution in [0.1, 0.15) is 11.5 Å². The van der Waals surface area contributed by atoms with Crippen molar-refractivity contribution in [2.75, 3.05) is 21.3 Å². The first-order chi connectivity index (χ1) is 19.6. The van der Waals surface area contributed by atoms with Gasteiger partial charge in [0.2, 0.25) is 0 Å². The zero-order valence-corrected chi connectivity index (χ0v) is 22.7. The quantitative estimate of drug-likeness (QED) is 0.233. The molecule has 6 rings (SSSR count). The van der Waals surface area contributed by atoms with Gasteiger partial charge in [-0.1, -0.05) is 0 Å². The molecule has 6 aromatic rings. The van der Waals surface area contributed by atoms with Crippen molar-refractivity contribution in [1.82, 2.24) is 0 Å². The number of aryl methyl sites for hydroxylation is 2. The molecule has 2 heterocycles. The summed E-state index contributed by atoms with van der Waals surface area (Å²) in [6.45, 7) is 3.18. The Morgan fingerprint density at radius 2 is 1.17 bits per heavy atom. The zero-order valence-electron chi connectivity index (χ0n) is 22.7. The van der Waals surface area contributed by atoms with Crippen molar-refractivity contribution >= 4 is 43.5 Å². The van der Waals surface area contributed by atoms with Crippen molar-refractivity contribution in [2.24, 2.45) is 0 Å². The summed E-state index contributed by atoms with van der Waals surface area (Å²) in [4.78, 5) is 26.1. The zero-order chi connectivity index (χ0) is 29.3. The summed E-state index contributed by atoms with van der Waals surface area (Å²) >= 11 is 0. The summed E-state index contributed by atoms with van der Waals surface area (Å²) < 4.78 is 28.4. The van der Waals surface area contributed by atoms with Crippen LogP contribution < -0.4 is 25.1 Å². The third kappa shape index (κ3) is 3.64. The number of benzene rings is 4. The maximum Gasteiger partial charge on any atom is 0.196 e. The molecule has 0 saturated heterocycles. The third-order valence-electron chi connectivity index (χ3n) is 7.20. The third-order valence-corrected chi connectivity index (χ3v) is 7.20. The Hall–Kier alpha value is -5.38. The predicted octanol–water partition coefficient (Wildman–Crippen LogP) is 5.63. The molecule has 0 spiro atoms. The first-order valence-corrected chi connectivity index (χ1v) is 12.4. The van der Waals surface area contributed by atoms with Crippen LogP contribution in [0, 0.1) is 13.8 Å². The number of hydrogen-bond donors (Lipinski definition) is 3. The molecular formula is C31H24O10. The van der Waals surface area contributed by atoms with Gasteiger partial charge < -0.3 is 38.4 Å². The molecule has 0 radical (unpaired) electrons. The molecule has 208 valence electrons. The topological polar surface area (TPSA) is 149 Å². The fraction of sp³-hybridized carbons (Fsp3) is 0.161. The standard InChI is InChI=1S/C31H24O10/c1-12-6-17(32)27-22(40-12)10-16-23(19(34)11-21(39-5)25(16)29(27)35)26-15-8-14(37-3)9-20(38-4)24(15)30(36)28-18(33)7-13(2)41-31(26)28/h6-11,34-36H,1-5H3. The lowest BCUT2D eigenvalue weighted by Gasteiger charge is -2.20. The van der Waals surface area contributed by atoms with Crippen molar-refractivity contribution in [1.29, 1.82) is 0 Å². The van der Waals surface area contributed by atoms with Crippen LogP contribution in [0.5, 0.6) is 34.5 Å². The van der Waals surface area contributed by atoms with Gasteiger partial charge in [0, 0.05) is 46.2 Å². The number of phenolic OH excluding ortho intramolecular Hbond substituents is 3. The summed E-state index contributed by atoms with van der Waals surface area (Å²) in [7, 11) is 4.22. The lowest BCUT2D eigenvalue weighted by Crippen LogP contribution is -2.04. The Bertz CT molecular complexity index is 2210. The fourth-order valence-corrected chi connectivity index (χ4v) is 5.52. The minimum atomic E-state index is -0.519. The van der Waals surface area contributed by atoms with Gasteiger partial charge in [0.25, 0.3) is 0 Å². The smallest absolute Gasteiger partial charge is 0.196 e. The van der Waals surface area contributed by atoms with Gasteiger partial charge >= 0.3 is 0 Å². The number of rotatable bonds is 4. The number of fused-ring (bicyclic) bond motifs is 4. The Morgan fingerprint density at radius 1 is 0.610 bits per heavy atom. The van der Waals surface area contributed by atoms with Gasteiger partial charge in [-0.15, -0.1) is 0 Å². The molecule has 0 fully saturated rings. The fourth-order valence-electron chi connectivity index (χ4n) is 5.52. The summed E-state index contributed by atoms with van der Waals surface area (Å²) in [5, 5.41) is 34.9. The van der Waals surface area contributed by atoms with Crippen molar-refractivity contribution in [3.63, 3.8) is 0 Å². The molecule has 0 unspecified atom stereocenters. The highest BCUT2D eigenvalue weighted by atomic mass is 16.5. The number of hydrogen-bond acceptors (Lipinski definition) is 10. The molecule has 4 aromatic carbocycles. The molecule has 0 saturated carbocycles. The number of methoxy groups -OCH3 is 3. The second-order valence-electron chi connectivity index (χ2n) is 9.62. The molecular weight excluding hydrogens is 532 g/mol. The molecule has 0 aliphatic heterocycles. The molecule has 41 heavy (non-hydrogen) atoms. The van der Waals surface area contributed by atoms with Gasteiger partial charge in [-0.2, -0.15) is 0 Å². The highest BCUT2D eigenvalue weighted by Gasteiger charge is 2.28. The Balaban J connectivity index is 1.98. The van der Waals surface area contributed by atoms with Crippen LogP contribution in [-0.2, 0) is 0 Å². The van der Waals surface area contributed by atoms with Crippen molar-refractivity contribution in [3.8, 4) is 45.6 Å². The normalized spacial score (nSPS) is 11.5. The molecule has 10 nitrogen and oxygen atoms in total. The molecule has 10 heteroatoms. The summed E-state index contributed by atoms with van der Waals surface area (Å²) in [6.07, 6.45) is 0. The second kappa shape index (κ2) is 9.09. The Kier molecular flexibility index (Phi) is 5.74. The monoisotopic (exact) mass is 556 g/mol. The second-order valence-corrected chi connectivity index (χ2v) is 9.62. The summed E-state index contributed by atoms with van der Waals surface area (Å²) in [5.41, 5.74) is -0.631. The van der Waals surface area contributed by atoms with Gasteiger partial charge in [-0.25, -0.2) is 0 Å². The molecule has 0 aliphatic carbocycles. The van der Waals surface area contributed by atoms with E-state index in [-0.39, 0.29) is 78.0 Å². The molecule has 0 atom stereocenters. The van der Waals surface area contributed by atoms with E-state index in [1.165, 1.54) is 45.6 Å². The van der Waals surface area contributed by atoms with Crippen molar-refractivity contribution in [3.05, 3.63) is 68.4 Å². The van der Waals surface area contributed by atoms with Crippen LogP contribution in [0.3, 0.4) is 0 Å². The highest BCUT2D eigenvalue weighted by Crippen LogP contribution is 2.53. The molecule has 0 aliphatic rings. The summed E-state index contributed by atoms with van der Waals surface area (Å²) in [5.74, 6) is 0.117. The first-order valence-electron chi connectivity index (χ1n) is 12.4. The SMILES string of the molecule is COc1cc(OC)c2c(O)c3c(=O)cc(C)oc3c(-c3c(O)cc(OC)c4c(O)c5c(=O)cc(C)oc5cc34)c2c1. The molecule has 3 N–H and O–H groups in total. The lowest BCUT2D eigenvalue weighted by atomic mass is 9.89. The van der Waals surface area contributed by atoms with E-state index in [4.69, 9.17) is 23.0 Å². The van der Waals surface area contributed by atoms with Gasteiger partial charge in [0.1, 0.15) is 68.0 Å². The van der Waals surface area contributed by atoms with E-state index >= 15 is 0 Å². The maximum absolute atomic E-state index is 13.3. The van der Waals surface area contributed by atoms with Crippen LogP contribution >= 0.6 is 0 Å². The van der Waals surface area contributed by atoms with E-state index in [1.54, 1.807) is 26.0 Å². The summed E-state index contributed by atoms with van der Waals surface area (Å²) in [6, 6.07) is 8.46. The van der Waals surface area contributed by atoms with E-state index in [0.29, 0.717) is 16.9 Å². The molecule has 2 aromatic heterocycles. The largest absolute Gasteiger partial charge is 0.507 e. The van der Waals surface area contributed by atoms with Crippen molar-refractivity contribution in [2.45, 2.75) is 13.8 Å². The predicted molar refractivity (Wildman–Crippen MR) is 153 cm³/mol. The van der Waals surface area contributed by atoms with E-state index < -0.39 is 16.6 Å². The van der Waals surface area contributed by atoms with E-state index in [2.05, 4.69) is 0 Å². The Morgan fingerprint density at radius 3 is 1.80 bits per heavy atom. The molecule has 0 bridgehead atoms. The first kappa shape index (κ1) is 25.9. The van der Waals surface area contributed by atoms with E-state index in [9.17, 15) is 24.9 Å². The average molecular weight is 557 g/mol. The highest BCUT2D eigenvalue weighted by molar-refractivity contribution is 6.23. The van der Waals surface area contributed by atoms with Gasteiger partial charge in [-0.05, 0) is 26.0 Å². The average Bonchev–Trinajstić information content (AvgIpc) is 2.92. The minimum Gasteiger partial charge on any atom is -0.507 e. The van der Waals surface area contributed by atoms with Gasteiger partial charge in [-0.3, -0.25) is 9.59 Å². The lowest BCUT2D eigenvalue weighted by molar-refractivity contribution is 0.396. The van der Waals surface area contributed by atoms with Crippen LogP contribution in [0.15, 0.2) is 54.8 Å². The number of phenols is 3. The van der Waals surface area contributed by atoms with Crippen LogP contribution in [0.4, 0.5) is 0 Å². The maximum atomic E-state index is 13.3. The number of aromatic hydroxyl groups is 3. The minimum absolute atomic E-state index is 0.0256. The van der Waals surface area contributed by atoms with Gasteiger partial charge in [0.15, 0.2) is 10.9 Å². The van der Waals surface area contributed by atoms with Crippen LogP contribution in [0.2, 0.25) is 0 Å². The van der Waals surface area contributed by atoms with Crippen LogP contribution in [-0.4, -0.2) is 36.6 Å². The molecule has 0 amide bonds.